The summed E-state index contributed by atoms with van der Waals surface area (Å²) in [5.41, 5.74) is 0.622. The smallest absolute Gasteiger partial charge is 0.400 e. The Morgan fingerprint density at radius 1 is 1.27 bits per heavy atom. The molecule has 0 aliphatic carbocycles. The van der Waals surface area contributed by atoms with Gasteiger partial charge in [-0.1, -0.05) is 0 Å². The lowest BCUT2D eigenvalue weighted by Crippen LogP contribution is -2.41. The zero-order valence-corrected chi connectivity index (χ0v) is 13.7. The van der Waals surface area contributed by atoms with E-state index in [2.05, 4.69) is 15.3 Å². The minimum absolute atomic E-state index is 0.110. The van der Waals surface area contributed by atoms with Crippen molar-refractivity contribution < 1.29 is 14.1 Å². The first-order valence-electron chi connectivity index (χ1n) is 7.28. The van der Waals surface area contributed by atoms with Gasteiger partial charge in [-0.2, -0.15) is 0 Å². The van der Waals surface area contributed by atoms with E-state index in [-0.39, 0.29) is 5.91 Å². The first kappa shape index (κ1) is 16.6. The van der Waals surface area contributed by atoms with Crippen molar-refractivity contribution >= 4 is 19.1 Å². The lowest BCUT2D eigenvalue weighted by Gasteiger charge is -2.32. The van der Waals surface area contributed by atoms with Crippen molar-refractivity contribution in [1.29, 1.82) is 0 Å². The highest BCUT2D eigenvalue weighted by Gasteiger charge is 2.52. The monoisotopic (exact) mass is 303 g/mol. The molecule has 0 saturated carbocycles. The molecule has 0 aromatic carbocycles. The first-order chi connectivity index (χ1) is 10.2. The zero-order valence-electron chi connectivity index (χ0n) is 13.7. The van der Waals surface area contributed by atoms with Gasteiger partial charge in [0.15, 0.2) is 0 Å². The zero-order chi connectivity index (χ0) is 16.4. The van der Waals surface area contributed by atoms with E-state index in [0.29, 0.717) is 12.2 Å². The predicted molar refractivity (Wildman–Crippen MR) is 84.8 cm³/mol. The molecular weight excluding hydrogens is 281 g/mol. The second-order valence-corrected chi connectivity index (χ2v) is 6.35. The summed E-state index contributed by atoms with van der Waals surface area (Å²) in [6, 6.07) is 0. The summed E-state index contributed by atoms with van der Waals surface area (Å²) in [5, 5.41) is 2.78. The highest BCUT2D eigenvalue weighted by molar-refractivity contribution is 6.56. The van der Waals surface area contributed by atoms with Gasteiger partial charge in [0.25, 0.3) is 0 Å². The van der Waals surface area contributed by atoms with Gasteiger partial charge in [-0.3, -0.25) is 14.8 Å². The fourth-order valence-electron chi connectivity index (χ4n) is 2.00. The molecule has 1 aromatic heterocycles. The Bertz CT molecular complexity index is 557. The van der Waals surface area contributed by atoms with Crippen molar-refractivity contribution in [3.8, 4) is 0 Å². The Labute approximate surface area is 131 Å². The van der Waals surface area contributed by atoms with Crippen molar-refractivity contribution in [2.24, 2.45) is 0 Å². The number of carbonyl (C=O) groups is 1. The molecule has 6 nitrogen and oxygen atoms in total. The van der Waals surface area contributed by atoms with Crippen LogP contribution in [0.5, 0.6) is 0 Å². The third-order valence-corrected chi connectivity index (χ3v) is 4.01. The third-order valence-electron chi connectivity index (χ3n) is 4.01. The molecule has 2 heterocycles. The topological polar surface area (TPSA) is 73.3 Å². The average molecular weight is 303 g/mol. The molecule has 1 aliphatic heterocycles. The minimum atomic E-state index is -0.529. The van der Waals surface area contributed by atoms with Crippen molar-refractivity contribution in [3.63, 3.8) is 0 Å². The molecular formula is C15H22BN3O3. The van der Waals surface area contributed by atoms with Gasteiger partial charge in [-0.25, -0.2) is 0 Å². The molecule has 7 heteroatoms. The Morgan fingerprint density at radius 3 is 2.41 bits per heavy atom. The number of hydrogen-bond acceptors (Lipinski definition) is 5. The average Bonchev–Trinajstić information content (AvgIpc) is 2.64. The third kappa shape index (κ3) is 3.72. The van der Waals surface area contributed by atoms with Gasteiger partial charge in [0.1, 0.15) is 0 Å². The molecule has 2 rings (SSSR count). The molecule has 1 aliphatic rings. The Hall–Kier alpha value is -1.73. The van der Waals surface area contributed by atoms with Gasteiger partial charge in [0.05, 0.1) is 23.1 Å². The number of amides is 1. The number of hydrogen-bond donors (Lipinski definition) is 1. The van der Waals surface area contributed by atoms with E-state index >= 15 is 0 Å². The number of carbonyl (C=O) groups excluding carboxylic acids is 1. The minimum Gasteiger partial charge on any atom is -0.400 e. The normalized spacial score (nSPS) is 20.0. The van der Waals surface area contributed by atoms with Crippen LogP contribution in [0.1, 0.15) is 40.3 Å². The van der Waals surface area contributed by atoms with Gasteiger partial charge < -0.3 is 14.6 Å². The molecule has 1 N–H and O–H groups in total. The number of rotatable bonds is 4. The highest BCUT2D eigenvalue weighted by Crippen LogP contribution is 2.38. The van der Waals surface area contributed by atoms with Crippen LogP contribution in [0, 0.1) is 0 Å². The summed E-state index contributed by atoms with van der Waals surface area (Å²) in [6.07, 6.45) is 6.72. The molecule has 0 atom stereocenters. The second kappa shape index (κ2) is 6.18. The fourth-order valence-corrected chi connectivity index (χ4v) is 2.00. The molecule has 1 saturated heterocycles. The molecule has 1 fully saturated rings. The van der Waals surface area contributed by atoms with Crippen LogP contribution in [-0.4, -0.2) is 40.7 Å². The van der Waals surface area contributed by atoms with E-state index in [1.54, 1.807) is 18.6 Å². The summed E-state index contributed by atoms with van der Waals surface area (Å²) in [4.78, 5) is 19.5. The van der Waals surface area contributed by atoms with Crippen molar-refractivity contribution in [2.45, 2.75) is 45.8 Å². The highest BCUT2D eigenvalue weighted by atomic mass is 16.7. The first-order valence-corrected chi connectivity index (χ1v) is 7.28. The largest absolute Gasteiger partial charge is 0.492 e. The molecule has 0 bridgehead atoms. The number of nitrogens with one attached hydrogen (secondary N) is 1. The Kier molecular flexibility index (Phi) is 4.67. The quantitative estimate of drug-likeness (QED) is 0.856. The second-order valence-electron chi connectivity index (χ2n) is 6.35. The van der Waals surface area contributed by atoms with E-state index < -0.39 is 18.3 Å². The Morgan fingerprint density at radius 2 is 1.91 bits per heavy atom. The molecule has 0 spiro atoms. The van der Waals surface area contributed by atoms with Crippen molar-refractivity contribution in [1.82, 2.24) is 15.3 Å². The lowest BCUT2D eigenvalue weighted by atomic mass is 9.77. The van der Waals surface area contributed by atoms with Gasteiger partial charge >= 0.3 is 7.12 Å². The van der Waals surface area contributed by atoms with Crippen LogP contribution < -0.4 is 5.32 Å². The fraction of sp³-hybridized carbons (Fsp3) is 0.533. The van der Waals surface area contributed by atoms with Crippen molar-refractivity contribution in [2.75, 3.05) is 6.54 Å². The van der Waals surface area contributed by atoms with Gasteiger partial charge in [-0.05, 0) is 39.2 Å². The Balaban J connectivity index is 2.26. The van der Waals surface area contributed by atoms with E-state index in [0.717, 1.165) is 5.47 Å². The van der Waals surface area contributed by atoms with Crippen LogP contribution in [-0.2, 0) is 14.1 Å². The molecule has 0 unspecified atom stereocenters. The standard InChI is InChI=1S/C15H22BN3O3/c1-11(20)19-9-12(8-13-10-17-6-7-18-13)16-21-14(2,3)15(4,5)22-16/h6-8,10H,9H2,1-5H3,(H,19,20). The van der Waals surface area contributed by atoms with Crippen LogP contribution in [0.15, 0.2) is 24.1 Å². The summed E-state index contributed by atoms with van der Waals surface area (Å²) < 4.78 is 12.1. The summed E-state index contributed by atoms with van der Waals surface area (Å²) in [7, 11) is -0.529. The van der Waals surface area contributed by atoms with Crippen LogP contribution in [0.2, 0.25) is 0 Å². The number of aromatic nitrogens is 2. The van der Waals surface area contributed by atoms with Crippen LogP contribution in [0.3, 0.4) is 0 Å². The van der Waals surface area contributed by atoms with Crippen LogP contribution in [0.25, 0.3) is 6.08 Å². The van der Waals surface area contributed by atoms with Crippen molar-refractivity contribution in [3.05, 3.63) is 29.8 Å². The summed E-state index contributed by atoms with van der Waals surface area (Å²) in [5.74, 6) is -0.110. The van der Waals surface area contributed by atoms with Crippen LogP contribution in [0.4, 0.5) is 0 Å². The maximum absolute atomic E-state index is 11.2. The lowest BCUT2D eigenvalue weighted by molar-refractivity contribution is -0.118. The SMILES string of the molecule is CC(=O)NCC(=Cc1cnccn1)B1OC(C)(C)C(C)(C)O1. The molecule has 0 radical (unpaired) electrons. The van der Waals surface area contributed by atoms with Crippen LogP contribution >= 0.6 is 0 Å². The van der Waals surface area contributed by atoms with E-state index in [4.69, 9.17) is 9.31 Å². The van der Waals surface area contributed by atoms with Gasteiger partial charge in [0.2, 0.25) is 5.91 Å². The van der Waals surface area contributed by atoms with Gasteiger partial charge in [0, 0.05) is 25.9 Å². The maximum atomic E-state index is 11.2. The van der Waals surface area contributed by atoms with E-state index in [1.807, 2.05) is 33.8 Å². The predicted octanol–water partition coefficient (Wildman–Crippen LogP) is 1.63. The molecule has 22 heavy (non-hydrogen) atoms. The van der Waals surface area contributed by atoms with E-state index in [1.165, 1.54) is 6.92 Å². The van der Waals surface area contributed by atoms with Gasteiger partial charge in [-0.15, -0.1) is 0 Å². The number of nitrogens with zero attached hydrogens (tertiary/aromatic N) is 2. The van der Waals surface area contributed by atoms with E-state index in [9.17, 15) is 4.79 Å². The molecule has 118 valence electrons. The molecule has 1 amide bonds. The summed E-state index contributed by atoms with van der Waals surface area (Å²) >= 11 is 0. The summed E-state index contributed by atoms with van der Waals surface area (Å²) in [6.45, 7) is 9.78. The molecule has 1 aromatic rings. The maximum Gasteiger partial charge on any atom is 0.492 e.